The van der Waals surface area contributed by atoms with E-state index in [0.717, 1.165) is 10.2 Å². The highest BCUT2D eigenvalue weighted by Gasteiger charge is 2.20. The minimum Gasteiger partial charge on any atom is -0.494 e. The van der Waals surface area contributed by atoms with Crippen LogP contribution in [0.5, 0.6) is 5.75 Å². The minimum atomic E-state index is -0.751. The number of rotatable bonds is 6. The van der Waals surface area contributed by atoms with Crippen LogP contribution < -0.4 is 4.74 Å². The molecular weight excluding hydrogens is 284 g/mol. The number of aliphatic carboxylic acids is 1. The number of halogens is 1. The second-order valence-electron chi connectivity index (χ2n) is 4.28. The third-order valence-electron chi connectivity index (χ3n) is 2.63. The van der Waals surface area contributed by atoms with Gasteiger partial charge in [0, 0.05) is 4.47 Å². The second-order valence-corrected chi connectivity index (χ2v) is 5.20. The zero-order valence-corrected chi connectivity index (χ0v) is 11.6. The van der Waals surface area contributed by atoms with Crippen LogP contribution in [0.25, 0.3) is 0 Å². The maximum absolute atomic E-state index is 11.0. The number of carboxylic acids is 1. The molecule has 1 aromatic rings. The van der Waals surface area contributed by atoms with E-state index in [1.54, 1.807) is 0 Å². The fraction of sp³-hybridized carbons (Fsp3) is 0.462. The lowest BCUT2D eigenvalue weighted by molar-refractivity contribution is -0.143. The van der Waals surface area contributed by atoms with Crippen LogP contribution in [0.4, 0.5) is 0 Å². The summed E-state index contributed by atoms with van der Waals surface area (Å²) in [7, 11) is 0. The fourth-order valence-corrected chi connectivity index (χ4v) is 1.84. The van der Waals surface area contributed by atoms with Crippen molar-refractivity contribution in [1.82, 2.24) is 0 Å². The summed E-state index contributed by atoms with van der Waals surface area (Å²) < 4.78 is 6.50. The molecule has 0 aromatic heterocycles. The number of hydrogen-bond donors (Lipinski definition) is 1. The fourth-order valence-electron chi connectivity index (χ4n) is 1.58. The van der Waals surface area contributed by atoms with Crippen molar-refractivity contribution in [3.63, 3.8) is 0 Å². The highest BCUT2D eigenvalue weighted by Crippen LogP contribution is 2.19. The van der Waals surface area contributed by atoms with Crippen molar-refractivity contribution in [2.45, 2.75) is 20.3 Å². The van der Waals surface area contributed by atoms with Crippen molar-refractivity contribution in [2.75, 3.05) is 6.61 Å². The number of benzene rings is 1. The summed E-state index contributed by atoms with van der Waals surface area (Å²) >= 11 is 3.34. The lowest BCUT2D eigenvalue weighted by Gasteiger charge is -2.16. The van der Waals surface area contributed by atoms with Gasteiger partial charge in [-0.05, 0) is 36.6 Å². The summed E-state index contributed by atoms with van der Waals surface area (Å²) in [5, 5.41) is 9.02. The zero-order chi connectivity index (χ0) is 12.8. The Morgan fingerprint density at radius 2 is 1.94 bits per heavy atom. The molecule has 1 N–H and O–H groups in total. The summed E-state index contributed by atoms with van der Waals surface area (Å²) in [4.78, 5) is 11.0. The normalized spacial score (nSPS) is 12.5. The van der Waals surface area contributed by atoms with E-state index >= 15 is 0 Å². The van der Waals surface area contributed by atoms with Crippen molar-refractivity contribution in [3.8, 4) is 5.75 Å². The monoisotopic (exact) mass is 300 g/mol. The van der Waals surface area contributed by atoms with E-state index in [4.69, 9.17) is 9.84 Å². The van der Waals surface area contributed by atoms with E-state index in [1.807, 2.05) is 38.1 Å². The third-order valence-corrected chi connectivity index (χ3v) is 3.16. The Kier molecular flexibility index (Phi) is 5.48. The predicted molar refractivity (Wildman–Crippen MR) is 70.2 cm³/mol. The molecule has 0 amide bonds. The summed E-state index contributed by atoms with van der Waals surface area (Å²) in [6.07, 6.45) is 0.531. The van der Waals surface area contributed by atoms with Crippen LogP contribution in [-0.4, -0.2) is 17.7 Å². The average Bonchev–Trinajstić information content (AvgIpc) is 2.25. The van der Waals surface area contributed by atoms with Gasteiger partial charge in [0.05, 0.1) is 12.5 Å². The van der Waals surface area contributed by atoms with Gasteiger partial charge in [-0.25, -0.2) is 0 Å². The molecule has 0 bridgehead atoms. The van der Waals surface area contributed by atoms with E-state index in [0.29, 0.717) is 13.0 Å². The van der Waals surface area contributed by atoms with Crippen molar-refractivity contribution in [2.24, 2.45) is 11.8 Å². The van der Waals surface area contributed by atoms with Gasteiger partial charge in [-0.3, -0.25) is 4.79 Å². The quantitative estimate of drug-likeness (QED) is 0.873. The Labute approximate surface area is 110 Å². The van der Waals surface area contributed by atoms with E-state index in [2.05, 4.69) is 15.9 Å². The van der Waals surface area contributed by atoms with Crippen LogP contribution in [-0.2, 0) is 4.79 Å². The molecule has 0 aliphatic carbocycles. The van der Waals surface area contributed by atoms with E-state index < -0.39 is 5.97 Å². The molecule has 0 heterocycles. The number of carbonyl (C=O) groups is 1. The molecule has 0 aliphatic heterocycles. The minimum absolute atomic E-state index is 0.126. The van der Waals surface area contributed by atoms with Crippen LogP contribution in [0.1, 0.15) is 20.3 Å². The van der Waals surface area contributed by atoms with E-state index in [9.17, 15) is 4.79 Å². The molecule has 0 aliphatic rings. The van der Waals surface area contributed by atoms with Gasteiger partial charge in [-0.15, -0.1) is 0 Å². The molecule has 94 valence electrons. The third kappa shape index (κ3) is 4.77. The zero-order valence-electron chi connectivity index (χ0n) is 10.0. The van der Waals surface area contributed by atoms with Gasteiger partial charge >= 0.3 is 5.97 Å². The Bertz CT molecular complexity index is 359. The summed E-state index contributed by atoms with van der Waals surface area (Å²) in [6, 6.07) is 7.50. The van der Waals surface area contributed by atoms with Crippen molar-refractivity contribution >= 4 is 21.9 Å². The molecule has 0 spiro atoms. The Balaban J connectivity index is 2.41. The molecule has 3 nitrogen and oxygen atoms in total. The topological polar surface area (TPSA) is 46.5 Å². The molecule has 4 heteroatoms. The molecule has 1 aromatic carbocycles. The van der Waals surface area contributed by atoms with Gasteiger partial charge in [0.2, 0.25) is 0 Å². The lowest BCUT2D eigenvalue weighted by Crippen LogP contribution is -2.22. The molecule has 1 atom stereocenters. The first-order valence-electron chi connectivity index (χ1n) is 5.62. The van der Waals surface area contributed by atoms with Gasteiger partial charge in [-0.1, -0.05) is 29.8 Å². The van der Waals surface area contributed by atoms with Gasteiger partial charge in [-0.2, -0.15) is 0 Å². The van der Waals surface area contributed by atoms with Crippen molar-refractivity contribution in [3.05, 3.63) is 28.7 Å². The highest BCUT2D eigenvalue weighted by molar-refractivity contribution is 9.10. The molecule has 0 saturated carbocycles. The van der Waals surface area contributed by atoms with E-state index in [1.165, 1.54) is 0 Å². The smallest absolute Gasteiger partial charge is 0.306 e. The second kappa shape index (κ2) is 6.64. The molecule has 0 fully saturated rings. The standard InChI is InChI=1S/C13H17BrO3/c1-9(2)12(13(15)16)7-8-17-11-5-3-10(14)4-6-11/h3-6,9,12H,7-8H2,1-2H3,(H,15,16). The number of ether oxygens (including phenoxy) is 1. The van der Waals surface area contributed by atoms with Gasteiger partial charge < -0.3 is 9.84 Å². The van der Waals surface area contributed by atoms with Crippen LogP contribution in [0.2, 0.25) is 0 Å². The van der Waals surface area contributed by atoms with Gasteiger partial charge in [0.25, 0.3) is 0 Å². The molecule has 1 unspecified atom stereocenters. The Morgan fingerprint density at radius 3 is 2.41 bits per heavy atom. The van der Waals surface area contributed by atoms with Crippen LogP contribution in [0, 0.1) is 11.8 Å². The lowest BCUT2D eigenvalue weighted by atomic mass is 9.93. The average molecular weight is 301 g/mol. The molecule has 1 rings (SSSR count). The number of carboxylic acid groups (broad SMARTS) is 1. The van der Waals surface area contributed by atoms with E-state index in [-0.39, 0.29) is 11.8 Å². The molecular formula is C13H17BrO3. The molecule has 0 saturated heterocycles. The number of hydrogen-bond acceptors (Lipinski definition) is 2. The largest absolute Gasteiger partial charge is 0.494 e. The summed E-state index contributed by atoms with van der Waals surface area (Å²) in [6.45, 7) is 4.26. The predicted octanol–water partition coefficient (Wildman–Crippen LogP) is 3.57. The SMILES string of the molecule is CC(C)C(CCOc1ccc(Br)cc1)C(=O)O. The maximum Gasteiger partial charge on any atom is 0.306 e. The Hall–Kier alpha value is -1.03. The first-order valence-corrected chi connectivity index (χ1v) is 6.41. The Morgan fingerprint density at radius 1 is 1.35 bits per heavy atom. The van der Waals surface area contributed by atoms with Crippen molar-refractivity contribution < 1.29 is 14.6 Å². The summed E-state index contributed by atoms with van der Waals surface area (Å²) in [5.41, 5.74) is 0. The van der Waals surface area contributed by atoms with Crippen LogP contribution in [0.15, 0.2) is 28.7 Å². The van der Waals surface area contributed by atoms with Crippen molar-refractivity contribution in [1.29, 1.82) is 0 Å². The first-order chi connectivity index (χ1) is 8.00. The van der Waals surface area contributed by atoms with Crippen LogP contribution in [0.3, 0.4) is 0 Å². The first kappa shape index (κ1) is 14.0. The molecule has 0 radical (unpaired) electrons. The summed E-state index contributed by atoms with van der Waals surface area (Å²) in [5.74, 6) is -0.202. The maximum atomic E-state index is 11.0. The van der Waals surface area contributed by atoms with Gasteiger partial charge in [0.15, 0.2) is 0 Å². The van der Waals surface area contributed by atoms with Gasteiger partial charge in [0.1, 0.15) is 5.75 Å². The highest BCUT2D eigenvalue weighted by atomic mass is 79.9. The molecule has 17 heavy (non-hydrogen) atoms. The van der Waals surface area contributed by atoms with Crippen LogP contribution >= 0.6 is 15.9 Å².